The molecule has 0 aliphatic heterocycles. The zero-order valence-corrected chi connectivity index (χ0v) is 11.9. The maximum absolute atomic E-state index is 4.50. The standard InChI is InChI=1S/C14H24N2S/c1-11(13-7-5-3-4-6-8-13)15-9-14-10-17-12(2)16-14/h10-11,13,15H,3-9H2,1-2H3/t11-/m1/s1. The first-order valence-corrected chi connectivity index (χ1v) is 7.78. The molecule has 0 saturated heterocycles. The van der Waals surface area contributed by atoms with Gasteiger partial charge in [-0.25, -0.2) is 4.98 Å². The first kappa shape index (κ1) is 13.0. The third kappa shape index (κ3) is 4.07. The van der Waals surface area contributed by atoms with Crippen LogP contribution in [-0.4, -0.2) is 11.0 Å². The van der Waals surface area contributed by atoms with Crippen molar-refractivity contribution in [1.82, 2.24) is 10.3 Å². The second-order valence-corrected chi connectivity index (χ2v) is 6.34. The Kier molecular flexibility index (Phi) is 4.99. The number of hydrogen-bond acceptors (Lipinski definition) is 3. The third-order valence-corrected chi connectivity index (χ3v) is 4.70. The Bertz CT molecular complexity index is 327. The predicted octanol–water partition coefficient (Wildman–Crippen LogP) is 3.90. The van der Waals surface area contributed by atoms with E-state index in [1.54, 1.807) is 11.3 Å². The fourth-order valence-electron chi connectivity index (χ4n) is 2.73. The van der Waals surface area contributed by atoms with E-state index in [2.05, 4.69) is 29.5 Å². The molecule has 96 valence electrons. The molecule has 1 fully saturated rings. The lowest BCUT2D eigenvalue weighted by Gasteiger charge is -2.23. The minimum atomic E-state index is 0.634. The molecule has 0 amide bonds. The van der Waals surface area contributed by atoms with Crippen molar-refractivity contribution in [1.29, 1.82) is 0 Å². The highest BCUT2D eigenvalue weighted by molar-refractivity contribution is 7.09. The van der Waals surface area contributed by atoms with Gasteiger partial charge in [-0.2, -0.15) is 0 Å². The van der Waals surface area contributed by atoms with Gasteiger partial charge in [-0.05, 0) is 32.6 Å². The van der Waals surface area contributed by atoms with Crippen LogP contribution in [0.15, 0.2) is 5.38 Å². The number of nitrogens with zero attached hydrogens (tertiary/aromatic N) is 1. The van der Waals surface area contributed by atoms with E-state index in [1.807, 2.05) is 0 Å². The third-order valence-electron chi connectivity index (χ3n) is 3.88. The lowest BCUT2D eigenvalue weighted by atomic mass is 9.93. The maximum atomic E-state index is 4.50. The molecule has 0 spiro atoms. The van der Waals surface area contributed by atoms with Gasteiger partial charge in [0.05, 0.1) is 10.7 Å². The van der Waals surface area contributed by atoms with Crippen LogP contribution < -0.4 is 5.32 Å². The largest absolute Gasteiger partial charge is 0.308 e. The Morgan fingerprint density at radius 3 is 2.65 bits per heavy atom. The Morgan fingerprint density at radius 2 is 2.06 bits per heavy atom. The SMILES string of the molecule is Cc1nc(CN[C@H](C)C2CCCCCC2)cs1. The molecule has 3 heteroatoms. The first-order valence-electron chi connectivity index (χ1n) is 6.90. The molecule has 0 unspecified atom stereocenters. The molecule has 2 rings (SSSR count). The van der Waals surface area contributed by atoms with Gasteiger partial charge in [-0.15, -0.1) is 11.3 Å². The van der Waals surface area contributed by atoms with Crippen molar-refractivity contribution >= 4 is 11.3 Å². The summed E-state index contributed by atoms with van der Waals surface area (Å²) in [7, 11) is 0. The van der Waals surface area contributed by atoms with Gasteiger partial charge >= 0.3 is 0 Å². The van der Waals surface area contributed by atoms with Crippen LogP contribution >= 0.6 is 11.3 Å². The average molecular weight is 252 g/mol. The molecule has 1 aliphatic carbocycles. The summed E-state index contributed by atoms with van der Waals surface area (Å²) in [4.78, 5) is 4.50. The quantitative estimate of drug-likeness (QED) is 0.822. The number of thiazole rings is 1. The van der Waals surface area contributed by atoms with E-state index in [0.717, 1.165) is 12.5 Å². The minimum absolute atomic E-state index is 0.634. The van der Waals surface area contributed by atoms with Crippen LogP contribution in [0.3, 0.4) is 0 Å². The van der Waals surface area contributed by atoms with Crippen molar-refractivity contribution in [2.24, 2.45) is 5.92 Å². The molecule has 0 bridgehead atoms. The van der Waals surface area contributed by atoms with Gasteiger partial charge in [0.1, 0.15) is 0 Å². The summed E-state index contributed by atoms with van der Waals surface area (Å²) in [6, 6.07) is 0.634. The predicted molar refractivity (Wildman–Crippen MR) is 74.3 cm³/mol. The second-order valence-electron chi connectivity index (χ2n) is 5.28. The smallest absolute Gasteiger partial charge is 0.0897 e. The van der Waals surface area contributed by atoms with Crippen LogP contribution in [0.25, 0.3) is 0 Å². The summed E-state index contributed by atoms with van der Waals surface area (Å²) in [5.74, 6) is 0.872. The fraction of sp³-hybridized carbons (Fsp3) is 0.786. The van der Waals surface area contributed by atoms with E-state index < -0.39 is 0 Å². The van der Waals surface area contributed by atoms with Crippen molar-refractivity contribution in [3.8, 4) is 0 Å². The molecule has 1 aromatic rings. The number of hydrogen-bond donors (Lipinski definition) is 1. The summed E-state index contributed by atoms with van der Waals surface area (Å²) in [6.45, 7) is 5.35. The molecule has 17 heavy (non-hydrogen) atoms. The number of aromatic nitrogens is 1. The second kappa shape index (κ2) is 6.50. The van der Waals surface area contributed by atoms with Crippen molar-refractivity contribution < 1.29 is 0 Å². The summed E-state index contributed by atoms with van der Waals surface area (Å²) in [5.41, 5.74) is 1.20. The minimum Gasteiger partial charge on any atom is -0.308 e. The molecule has 1 atom stereocenters. The summed E-state index contributed by atoms with van der Waals surface area (Å²) in [6.07, 6.45) is 8.54. The Morgan fingerprint density at radius 1 is 1.35 bits per heavy atom. The lowest BCUT2D eigenvalue weighted by Crippen LogP contribution is -2.33. The van der Waals surface area contributed by atoms with E-state index in [1.165, 1.54) is 49.2 Å². The summed E-state index contributed by atoms with van der Waals surface area (Å²) in [5, 5.41) is 6.99. The van der Waals surface area contributed by atoms with Crippen LogP contribution in [0.2, 0.25) is 0 Å². The summed E-state index contributed by atoms with van der Waals surface area (Å²) >= 11 is 1.74. The zero-order chi connectivity index (χ0) is 12.1. The number of nitrogens with one attached hydrogen (secondary N) is 1. The van der Waals surface area contributed by atoms with Gasteiger partial charge in [-0.3, -0.25) is 0 Å². The Hall–Kier alpha value is -0.410. The van der Waals surface area contributed by atoms with E-state index in [0.29, 0.717) is 6.04 Å². The average Bonchev–Trinajstić information content (AvgIpc) is 2.58. The molecule has 1 aliphatic rings. The van der Waals surface area contributed by atoms with Crippen LogP contribution in [0, 0.1) is 12.8 Å². The van der Waals surface area contributed by atoms with Crippen LogP contribution in [0.1, 0.15) is 56.2 Å². The van der Waals surface area contributed by atoms with Crippen LogP contribution in [0.4, 0.5) is 0 Å². The molecule has 0 radical (unpaired) electrons. The lowest BCUT2D eigenvalue weighted by molar-refractivity contribution is 0.336. The van der Waals surface area contributed by atoms with Gasteiger partial charge in [0.15, 0.2) is 0 Å². The fourth-order valence-corrected chi connectivity index (χ4v) is 3.35. The van der Waals surface area contributed by atoms with E-state index in [-0.39, 0.29) is 0 Å². The van der Waals surface area contributed by atoms with E-state index >= 15 is 0 Å². The topological polar surface area (TPSA) is 24.9 Å². The van der Waals surface area contributed by atoms with Crippen molar-refractivity contribution in [2.45, 2.75) is 65.0 Å². The van der Waals surface area contributed by atoms with Crippen molar-refractivity contribution in [2.75, 3.05) is 0 Å². The molecule has 1 saturated carbocycles. The van der Waals surface area contributed by atoms with Gasteiger partial charge in [0.25, 0.3) is 0 Å². The van der Waals surface area contributed by atoms with Gasteiger partial charge in [0.2, 0.25) is 0 Å². The van der Waals surface area contributed by atoms with Crippen molar-refractivity contribution in [3.63, 3.8) is 0 Å². The zero-order valence-electron chi connectivity index (χ0n) is 11.0. The highest BCUT2D eigenvalue weighted by atomic mass is 32.1. The number of rotatable bonds is 4. The van der Waals surface area contributed by atoms with Gasteiger partial charge in [-0.1, -0.05) is 25.7 Å². The van der Waals surface area contributed by atoms with Crippen molar-refractivity contribution in [3.05, 3.63) is 16.1 Å². The van der Waals surface area contributed by atoms with Crippen LogP contribution in [-0.2, 0) is 6.54 Å². The first-order chi connectivity index (χ1) is 8.25. The molecule has 0 aromatic carbocycles. The maximum Gasteiger partial charge on any atom is 0.0897 e. The molecule has 1 aromatic heterocycles. The normalized spacial score (nSPS) is 20.1. The molecule has 1 heterocycles. The monoisotopic (exact) mass is 252 g/mol. The molecule has 1 N–H and O–H groups in total. The Labute approximate surface area is 109 Å². The molecular formula is C14H24N2S. The van der Waals surface area contributed by atoms with E-state index in [4.69, 9.17) is 0 Å². The van der Waals surface area contributed by atoms with Crippen LogP contribution in [0.5, 0.6) is 0 Å². The highest BCUT2D eigenvalue weighted by Crippen LogP contribution is 2.25. The number of aryl methyl sites for hydroxylation is 1. The Balaban J connectivity index is 1.77. The van der Waals surface area contributed by atoms with Gasteiger partial charge in [0, 0.05) is 18.0 Å². The molecule has 2 nitrogen and oxygen atoms in total. The highest BCUT2D eigenvalue weighted by Gasteiger charge is 2.18. The summed E-state index contributed by atoms with van der Waals surface area (Å²) < 4.78 is 0. The molecular weight excluding hydrogens is 228 g/mol. The van der Waals surface area contributed by atoms with E-state index in [9.17, 15) is 0 Å². The van der Waals surface area contributed by atoms with Gasteiger partial charge < -0.3 is 5.32 Å².